The Balaban J connectivity index is 1.45. The Bertz CT molecular complexity index is 1310. The number of hydrogen-bond donors (Lipinski definition) is 2. The highest BCUT2D eigenvalue weighted by atomic mass is 32.2. The largest absolute Gasteiger partial charge is 0.322 e. The van der Waals surface area contributed by atoms with Crippen molar-refractivity contribution in [1.82, 2.24) is 4.98 Å². The third kappa shape index (κ3) is 4.79. The van der Waals surface area contributed by atoms with Crippen LogP contribution in [0.1, 0.15) is 10.4 Å². The molecule has 0 bridgehead atoms. The van der Waals surface area contributed by atoms with Gasteiger partial charge < -0.3 is 5.32 Å². The Labute approximate surface area is 182 Å². The van der Waals surface area contributed by atoms with E-state index in [4.69, 9.17) is 0 Å². The second-order valence-corrected chi connectivity index (χ2v) is 9.06. The highest BCUT2D eigenvalue weighted by Gasteiger charge is 2.17. The maximum Gasteiger partial charge on any atom is 0.261 e. The Morgan fingerprint density at radius 2 is 1.65 bits per heavy atom. The summed E-state index contributed by atoms with van der Waals surface area (Å²) in [5, 5.41) is 5.54. The highest BCUT2D eigenvalue weighted by Crippen LogP contribution is 2.24. The lowest BCUT2D eigenvalue weighted by Crippen LogP contribution is -2.15. The van der Waals surface area contributed by atoms with Crippen molar-refractivity contribution in [2.75, 3.05) is 10.0 Å². The van der Waals surface area contributed by atoms with Crippen LogP contribution in [0.25, 0.3) is 10.6 Å². The second-order valence-electron chi connectivity index (χ2n) is 6.48. The molecule has 1 heterocycles. The fraction of sp³-hybridized carbons (Fsp3) is 0. The zero-order valence-electron chi connectivity index (χ0n) is 15.9. The SMILES string of the molecule is O=C(Nc1ccc(-c2nccs2)cc1)c1ccc(S(=O)(=O)Nc2ccccc2F)cc1. The summed E-state index contributed by atoms with van der Waals surface area (Å²) in [7, 11) is -3.99. The van der Waals surface area contributed by atoms with E-state index < -0.39 is 15.8 Å². The molecule has 156 valence electrons. The first kappa shape index (κ1) is 20.7. The van der Waals surface area contributed by atoms with Gasteiger partial charge in [0.2, 0.25) is 0 Å². The van der Waals surface area contributed by atoms with Gasteiger partial charge in [-0.05, 0) is 60.7 Å². The van der Waals surface area contributed by atoms with Gasteiger partial charge in [0.15, 0.2) is 0 Å². The van der Waals surface area contributed by atoms with Gasteiger partial charge in [0.1, 0.15) is 10.8 Å². The topological polar surface area (TPSA) is 88.2 Å². The molecule has 0 saturated heterocycles. The average Bonchev–Trinajstić information content (AvgIpc) is 3.31. The predicted octanol–water partition coefficient (Wildman–Crippen LogP) is 5.00. The van der Waals surface area contributed by atoms with Gasteiger partial charge in [-0.1, -0.05) is 12.1 Å². The van der Waals surface area contributed by atoms with Crippen molar-refractivity contribution >= 4 is 38.6 Å². The zero-order chi connectivity index (χ0) is 21.8. The minimum Gasteiger partial charge on any atom is -0.322 e. The van der Waals surface area contributed by atoms with Crippen LogP contribution in [0.15, 0.2) is 89.3 Å². The Morgan fingerprint density at radius 1 is 0.935 bits per heavy atom. The number of hydrogen-bond acceptors (Lipinski definition) is 5. The maximum atomic E-state index is 13.7. The van der Waals surface area contributed by atoms with Crippen LogP contribution in [0.3, 0.4) is 0 Å². The molecule has 0 aliphatic heterocycles. The molecule has 2 N–H and O–H groups in total. The molecular weight excluding hydrogens is 437 g/mol. The van der Waals surface area contributed by atoms with Crippen molar-refractivity contribution in [3.63, 3.8) is 0 Å². The number of carbonyl (C=O) groups is 1. The van der Waals surface area contributed by atoms with Crippen LogP contribution in [0.5, 0.6) is 0 Å². The highest BCUT2D eigenvalue weighted by molar-refractivity contribution is 7.92. The first-order valence-corrected chi connectivity index (χ1v) is 11.5. The number of anilines is 2. The predicted molar refractivity (Wildman–Crippen MR) is 119 cm³/mol. The van der Waals surface area contributed by atoms with Gasteiger partial charge in [-0.2, -0.15) is 0 Å². The van der Waals surface area contributed by atoms with E-state index in [9.17, 15) is 17.6 Å². The first-order valence-electron chi connectivity index (χ1n) is 9.11. The number of amides is 1. The summed E-state index contributed by atoms with van der Waals surface area (Å²) in [6.07, 6.45) is 1.73. The van der Waals surface area contributed by atoms with E-state index in [-0.39, 0.29) is 22.1 Å². The summed E-state index contributed by atoms with van der Waals surface area (Å²) in [5.74, 6) is -1.06. The van der Waals surface area contributed by atoms with Crippen LogP contribution in [0, 0.1) is 5.82 Å². The molecule has 4 aromatic rings. The summed E-state index contributed by atoms with van der Waals surface area (Å²) >= 11 is 1.52. The van der Waals surface area contributed by atoms with Crippen molar-refractivity contribution in [1.29, 1.82) is 0 Å². The number of halogens is 1. The van der Waals surface area contributed by atoms with Crippen LogP contribution < -0.4 is 10.0 Å². The molecule has 0 radical (unpaired) electrons. The fourth-order valence-electron chi connectivity index (χ4n) is 2.80. The van der Waals surface area contributed by atoms with Gasteiger partial charge in [-0.15, -0.1) is 11.3 Å². The lowest BCUT2D eigenvalue weighted by Gasteiger charge is -2.10. The molecule has 9 heteroatoms. The molecule has 0 aliphatic rings. The molecule has 4 rings (SSSR count). The normalized spacial score (nSPS) is 11.1. The number of nitrogens with zero attached hydrogens (tertiary/aromatic N) is 1. The minimum absolute atomic E-state index is 0.0832. The van der Waals surface area contributed by atoms with Crippen LogP contribution in [0.2, 0.25) is 0 Å². The van der Waals surface area contributed by atoms with E-state index in [1.807, 2.05) is 17.5 Å². The Kier molecular flexibility index (Phi) is 5.79. The third-order valence-corrected chi connectivity index (χ3v) is 6.57. The lowest BCUT2D eigenvalue weighted by atomic mass is 10.2. The molecule has 0 saturated carbocycles. The Hall–Kier alpha value is -3.56. The molecule has 1 aromatic heterocycles. The quantitative estimate of drug-likeness (QED) is 0.430. The summed E-state index contributed by atoms with van der Waals surface area (Å²) in [5.41, 5.74) is 1.69. The number of thiazole rings is 1. The van der Waals surface area contributed by atoms with Crippen LogP contribution in [-0.2, 0) is 10.0 Å². The number of para-hydroxylation sites is 1. The van der Waals surface area contributed by atoms with Gasteiger partial charge in [0.05, 0.1) is 10.6 Å². The molecule has 0 spiro atoms. The van der Waals surface area contributed by atoms with E-state index in [1.54, 1.807) is 18.3 Å². The Morgan fingerprint density at radius 3 is 2.29 bits per heavy atom. The van der Waals surface area contributed by atoms with Crippen molar-refractivity contribution in [2.45, 2.75) is 4.90 Å². The monoisotopic (exact) mass is 453 g/mol. The molecule has 0 atom stereocenters. The summed E-state index contributed by atoms with van der Waals surface area (Å²) in [4.78, 5) is 16.6. The van der Waals surface area contributed by atoms with Gasteiger partial charge in [-0.25, -0.2) is 17.8 Å². The summed E-state index contributed by atoms with van der Waals surface area (Å²) in [6, 6.07) is 18.1. The standard InChI is InChI=1S/C22H16FN3O3S2/c23-19-3-1-2-4-20(19)26-31(28,29)18-11-7-15(8-12-18)21(27)25-17-9-5-16(6-10-17)22-24-13-14-30-22/h1-14,26H,(H,25,27). The molecule has 1 amide bonds. The van der Waals surface area contributed by atoms with Gasteiger partial charge in [0, 0.05) is 28.4 Å². The van der Waals surface area contributed by atoms with E-state index in [0.29, 0.717) is 5.69 Å². The first-order chi connectivity index (χ1) is 14.9. The minimum atomic E-state index is -3.99. The van der Waals surface area contributed by atoms with E-state index in [0.717, 1.165) is 16.6 Å². The molecule has 6 nitrogen and oxygen atoms in total. The van der Waals surface area contributed by atoms with Crippen molar-refractivity contribution in [3.8, 4) is 10.6 Å². The zero-order valence-corrected chi connectivity index (χ0v) is 17.6. The number of rotatable bonds is 6. The van der Waals surface area contributed by atoms with Crippen LogP contribution >= 0.6 is 11.3 Å². The number of benzene rings is 3. The van der Waals surface area contributed by atoms with Crippen molar-refractivity contribution in [3.05, 3.63) is 95.8 Å². The fourth-order valence-corrected chi connectivity index (χ4v) is 4.51. The lowest BCUT2D eigenvalue weighted by molar-refractivity contribution is 0.102. The van der Waals surface area contributed by atoms with Gasteiger partial charge in [-0.3, -0.25) is 9.52 Å². The van der Waals surface area contributed by atoms with Crippen molar-refractivity contribution < 1.29 is 17.6 Å². The number of carbonyl (C=O) groups excluding carboxylic acids is 1. The third-order valence-electron chi connectivity index (χ3n) is 4.37. The van der Waals surface area contributed by atoms with Crippen LogP contribution in [0.4, 0.5) is 15.8 Å². The molecule has 31 heavy (non-hydrogen) atoms. The van der Waals surface area contributed by atoms with Gasteiger partial charge in [0.25, 0.3) is 15.9 Å². The van der Waals surface area contributed by atoms with E-state index in [2.05, 4.69) is 15.0 Å². The molecule has 0 fully saturated rings. The smallest absolute Gasteiger partial charge is 0.261 e. The number of nitrogens with one attached hydrogen (secondary N) is 2. The van der Waals surface area contributed by atoms with E-state index in [1.165, 1.54) is 53.8 Å². The van der Waals surface area contributed by atoms with E-state index >= 15 is 0 Å². The number of sulfonamides is 1. The molecule has 3 aromatic carbocycles. The molecule has 0 unspecified atom stereocenters. The molecular formula is C22H16FN3O3S2. The number of aromatic nitrogens is 1. The van der Waals surface area contributed by atoms with Crippen molar-refractivity contribution in [2.24, 2.45) is 0 Å². The summed E-state index contributed by atoms with van der Waals surface area (Å²) < 4.78 is 40.9. The average molecular weight is 454 g/mol. The second kappa shape index (κ2) is 8.66. The maximum absolute atomic E-state index is 13.7. The summed E-state index contributed by atoms with van der Waals surface area (Å²) in [6.45, 7) is 0. The van der Waals surface area contributed by atoms with Gasteiger partial charge >= 0.3 is 0 Å². The van der Waals surface area contributed by atoms with Crippen LogP contribution in [-0.4, -0.2) is 19.3 Å². The molecule has 0 aliphatic carbocycles.